The zero-order chi connectivity index (χ0) is 16.9. The molecule has 0 aliphatic carbocycles. The van der Waals surface area contributed by atoms with E-state index in [0.29, 0.717) is 28.8 Å². The number of hydrogen-bond acceptors (Lipinski definition) is 5. The third-order valence-electron chi connectivity index (χ3n) is 3.60. The second-order valence-electron chi connectivity index (χ2n) is 5.41. The number of carbonyl (C=O) groups excluding carboxylic acids is 1. The number of nitrogens with one attached hydrogen (secondary N) is 2. The fourth-order valence-electron chi connectivity index (χ4n) is 2.47. The van der Waals surface area contributed by atoms with Gasteiger partial charge >= 0.3 is 0 Å². The first-order valence-corrected chi connectivity index (χ1v) is 7.97. The van der Waals surface area contributed by atoms with Gasteiger partial charge in [-0.05, 0) is 17.7 Å². The van der Waals surface area contributed by atoms with Crippen LogP contribution in [-0.2, 0) is 14.3 Å². The molecule has 0 saturated carbocycles. The quantitative estimate of drug-likeness (QED) is 0.732. The lowest BCUT2D eigenvalue weighted by atomic mass is 9.90. The SMILES string of the molecule is COCC(=O)NC[C@@]1(O)CNCCOC1c1ccc(Cl)c(Cl)c1. The summed E-state index contributed by atoms with van der Waals surface area (Å²) in [5, 5.41) is 17.6. The maximum atomic E-state index is 11.6. The molecule has 1 aliphatic rings. The lowest BCUT2D eigenvalue weighted by Crippen LogP contribution is -2.53. The van der Waals surface area contributed by atoms with Crippen LogP contribution in [0.3, 0.4) is 0 Å². The number of ether oxygens (including phenoxy) is 2. The molecule has 2 rings (SSSR count). The number of carbonyl (C=O) groups is 1. The Bertz CT molecular complexity index is 558. The highest BCUT2D eigenvalue weighted by atomic mass is 35.5. The minimum atomic E-state index is -1.32. The average Bonchev–Trinajstić information content (AvgIpc) is 2.71. The number of halogens is 2. The van der Waals surface area contributed by atoms with Crippen LogP contribution in [0.5, 0.6) is 0 Å². The Morgan fingerprint density at radius 3 is 3.00 bits per heavy atom. The third kappa shape index (κ3) is 4.79. The first-order chi connectivity index (χ1) is 11.0. The van der Waals surface area contributed by atoms with Crippen molar-refractivity contribution in [3.8, 4) is 0 Å². The fourth-order valence-corrected chi connectivity index (χ4v) is 2.78. The van der Waals surface area contributed by atoms with Crippen LogP contribution in [0, 0.1) is 0 Å². The molecule has 1 aliphatic heterocycles. The van der Waals surface area contributed by atoms with Gasteiger partial charge in [-0.25, -0.2) is 0 Å². The predicted octanol–water partition coefficient (Wildman–Crippen LogP) is 1.15. The predicted molar refractivity (Wildman–Crippen MR) is 87.9 cm³/mol. The van der Waals surface area contributed by atoms with E-state index in [1.807, 2.05) is 0 Å². The molecule has 2 atom stereocenters. The van der Waals surface area contributed by atoms with Crippen molar-refractivity contribution in [1.29, 1.82) is 0 Å². The lowest BCUT2D eigenvalue weighted by molar-refractivity contribution is -0.129. The molecular weight excluding hydrogens is 343 g/mol. The lowest BCUT2D eigenvalue weighted by Gasteiger charge is -2.34. The van der Waals surface area contributed by atoms with Crippen molar-refractivity contribution in [2.75, 3.05) is 40.0 Å². The highest BCUT2D eigenvalue weighted by Crippen LogP contribution is 2.34. The number of aliphatic hydroxyl groups is 1. The minimum Gasteiger partial charge on any atom is -0.384 e. The Morgan fingerprint density at radius 2 is 2.30 bits per heavy atom. The van der Waals surface area contributed by atoms with Gasteiger partial charge in [0.2, 0.25) is 5.91 Å². The van der Waals surface area contributed by atoms with E-state index >= 15 is 0 Å². The Balaban J connectivity index is 2.21. The maximum absolute atomic E-state index is 11.6. The monoisotopic (exact) mass is 362 g/mol. The zero-order valence-corrected chi connectivity index (χ0v) is 14.3. The number of rotatable bonds is 5. The van der Waals surface area contributed by atoms with E-state index in [1.165, 1.54) is 7.11 Å². The summed E-state index contributed by atoms with van der Waals surface area (Å²) in [4.78, 5) is 11.6. The van der Waals surface area contributed by atoms with Crippen molar-refractivity contribution in [3.05, 3.63) is 33.8 Å². The van der Waals surface area contributed by atoms with Gasteiger partial charge in [0.1, 0.15) is 18.3 Å². The van der Waals surface area contributed by atoms with Crippen molar-refractivity contribution < 1.29 is 19.4 Å². The molecule has 1 unspecified atom stereocenters. The summed E-state index contributed by atoms with van der Waals surface area (Å²) in [6, 6.07) is 5.08. The van der Waals surface area contributed by atoms with Crippen LogP contribution in [0.1, 0.15) is 11.7 Å². The van der Waals surface area contributed by atoms with E-state index in [2.05, 4.69) is 10.6 Å². The van der Waals surface area contributed by atoms with Gasteiger partial charge in [-0.2, -0.15) is 0 Å². The number of methoxy groups -OCH3 is 1. The maximum Gasteiger partial charge on any atom is 0.246 e. The second-order valence-corrected chi connectivity index (χ2v) is 6.23. The fraction of sp³-hybridized carbons (Fsp3) is 0.533. The van der Waals surface area contributed by atoms with E-state index in [-0.39, 0.29) is 25.6 Å². The number of hydrogen-bond donors (Lipinski definition) is 3. The molecule has 1 heterocycles. The summed E-state index contributed by atoms with van der Waals surface area (Å²) >= 11 is 12.0. The molecule has 1 aromatic rings. The molecule has 128 valence electrons. The molecule has 0 aromatic heterocycles. The molecule has 0 spiro atoms. The Labute approximate surface area is 145 Å². The van der Waals surface area contributed by atoms with Crippen LogP contribution >= 0.6 is 23.2 Å². The summed E-state index contributed by atoms with van der Waals surface area (Å²) in [6.45, 7) is 1.26. The largest absolute Gasteiger partial charge is 0.384 e. The van der Waals surface area contributed by atoms with Crippen molar-refractivity contribution in [2.24, 2.45) is 0 Å². The average molecular weight is 363 g/mol. The van der Waals surface area contributed by atoms with Crippen molar-refractivity contribution in [1.82, 2.24) is 10.6 Å². The molecule has 23 heavy (non-hydrogen) atoms. The summed E-state index contributed by atoms with van der Waals surface area (Å²) in [5.74, 6) is -0.307. The van der Waals surface area contributed by atoms with Gasteiger partial charge < -0.3 is 25.2 Å². The van der Waals surface area contributed by atoms with Gasteiger partial charge in [-0.3, -0.25) is 4.79 Å². The molecule has 0 bridgehead atoms. The number of amides is 1. The Kier molecular flexibility index (Phi) is 6.64. The van der Waals surface area contributed by atoms with E-state index < -0.39 is 11.7 Å². The van der Waals surface area contributed by atoms with E-state index in [4.69, 9.17) is 32.7 Å². The van der Waals surface area contributed by atoms with Crippen molar-refractivity contribution in [2.45, 2.75) is 11.7 Å². The van der Waals surface area contributed by atoms with Gasteiger partial charge in [0.25, 0.3) is 0 Å². The number of benzene rings is 1. The second kappa shape index (κ2) is 8.28. The molecule has 1 amide bonds. The van der Waals surface area contributed by atoms with E-state index in [9.17, 15) is 9.90 Å². The molecule has 1 fully saturated rings. The zero-order valence-electron chi connectivity index (χ0n) is 12.8. The Morgan fingerprint density at radius 1 is 1.52 bits per heavy atom. The summed E-state index contributed by atoms with van der Waals surface area (Å²) < 4.78 is 10.6. The molecular formula is C15H20Cl2N2O4. The van der Waals surface area contributed by atoms with Crippen LogP contribution in [0.4, 0.5) is 0 Å². The van der Waals surface area contributed by atoms with Crippen LogP contribution in [0.25, 0.3) is 0 Å². The van der Waals surface area contributed by atoms with Crippen LogP contribution < -0.4 is 10.6 Å². The van der Waals surface area contributed by atoms with E-state index in [0.717, 1.165) is 0 Å². The number of β-amino-alcohol motifs (C(OH)–C–C–N with tert-alkyl or cyclic N) is 1. The summed E-state index contributed by atoms with van der Waals surface area (Å²) in [7, 11) is 1.43. The van der Waals surface area contributed by atoms with Gasteiger partial charge in [0, 0.05) is 20.2 Å². The molecule has 1 saturated heterocycles. The molecule has 8 heteroatoms. The van der Waals surface area contributed by atoms with Crippen LogP contribution in [0.2, 0.25) is 10.0 Å². The van der Waals surface area contributed by atoms with Gasteiger partial charge in [0.15, 0.2) is 0 Å². The molecule has 3 N–H and O–H groups in total. The highest BCUT2D eigenvalue weighted by Gasteiger charge is 2.40. The van der Waals surface area contributed by atoms with Gasteiger partial charge in [-0.15, -0.1) is 0 Å². The molecule has 6 nitrogen and oxygen atoms in total. The first kappa shape index (κ1) is 18.4. The highest BCUT2D eigenvalue weighted by molar-refractivity contribution is 6.42. The van der Waals surface area contributed by atoms with E-state index in [1.54, 1.807) is 18.2 Å². The normalized spacial score (nSPS) is 25.0. The summed E-state index contributed by atoms with van der Waals surface area (Å²) in [5.41, 5.74) is -0.622. The van der Waals surface area contributed by atoms with Crippen molar-refractivity contribution >= 4 is 29.1 Å². The third-order valence-corrected chi connectivity index (χ3v) is 4.34. The Hall–Kier alpha value is -0.890. The smallest absolute Gasteiger partial charge is 0.246 e. The first-order valence-electron chi connectivity index (χ1n) is 7.21. The van der Waals surface area contributed by atoms with Gasteiger partial charge in [0.05, 0.1) is 23.2 Å². The molecule has 1 aromatic carbocycles. The van der Waals surface area contributed by atoms with Crippen LogP contribution in [-0.4, -0.2) is 56.6 Å². The summed E-state index contributed by atoms with van der Waals surface area (Å²) in [6.07, 6.45) is -0.643. The van der Waals surface area contributed by atoms with Crippen LogP contribution in [0.15, 0.2) is 18.2 Å². The topological polar surface area (TPSA) is 79.8 Å². The minimum absolute atomic E-state index is 0.0209. The van der Waals surface area contributed by atoms with Gasteiger partial charge in [-0.1, -0.05) is 29.3 Å². The standard InChI is InChI=1S/C15H20Cl2N2O4/c1-22-7-13(20)19-9-15(21)8-18-4-5-23-14(15)10-2-3-11(16)12(17)6-10/h2-3,6,14,18,21H,4-5,7-9H2,1H3,(H,19,20)/t14?,15-/m0/s1. The molecule has 0 radical (unpaired) electrons. The van der Waals surface area contributed by atoms with Crippen molar-refractivity contribution in [3.63, 3.8) is 0 Å².